The standard InChI is InChI=1S/C13H16ClN3O2S/c1-15(8-10-4-5-11(14)20-10)7-9-6-12(18)17(3)13(19)16(9)2/h4-6H,7-8H2,1-3H3. The third-order valence-electron chi connectivity index (χ3n) is 3.11. The third kappa shape index (κ3) is 3.20. The van der Waals surface area contributed by atoms with E-state index in [2.05, 4.69) is 0 Å². The van der Waals surface area contributed by atoms with E-state index in [1.165, 1.54) is 29.0 Å². The van der Waals surface area contributed by atoms with E-state index in [0.717, 1.165) is 20.3 Å². The summed E-state index contributed by atoms with van der Waals surface area (Å²) in [6.07, 6.45) is 0. The fourth-order valence-electron chi connectivity index (χ4n) is 1.97. The van der Waals surface area contributed by atoms with Crippen LogP contribution in [0, 0.1) is 0 Å². The van der Waals surface area contributed by atoms with Crippen LogP contribution < -0.4 is 11.2 Å². The zero-order valence-corrected chi connectivity index (χ0v) is 13.2. The van der Waals surface area contributed by atoms with Crippen molar-refractivity contribution in [3.05, 3.63) is 53.9 Å². The third-order valence-corrected chi connectivity index (χ3v) is 4.33. The lowest BCUT2D eigenvalue weighted by atomic mass is 10.3. The molecule has 0 aliphatic heterocycles. The molecule has 20 heavy (non-hydrogen) atoms. The Labute approximate surface area is 125 Å². The molecular weight excluding hydrogens is 298 g/mol. The summed E-state index contributed by atoms with van der Waals surface area (Å²) in [4.78, 5) is 26.7. The van der Waals surface area contributed by atoms with E-state index in [1.807, 2.05) is 24.1 Å². The summed E-state index contributed by atoms with van der Waals surface area (Å²) in [6.45, 7) is 1.25. The molecule has 0 bridgehead atoms. The summed E-state index contributed by atoms with van der Waals surface area (Å²) in [6, 6.07) is 5.34. The Morgan fingerprint density at radius 3 is 2.50 bits per heavy atom. The SMILES string of the molecule is CN(Cc1ccc(Cl)s1)Cc1cc(=O)n(C)c(=O)n1C. The van der Waals surface area contributed by atoms with E-state index < -0.39 is 0 Å². The average molecular weight is 314 g/mol. The van der Waals surface area contributed by atoms with Crippen molar-refractivity contribution in [3.8, 4) is 0 Å². The van der Waals surface area contributed by atoms with Crippen LogP contribution in [0.1, 0.15) is 10.6 Å². The van der Waals surface area contributed by atoms with Crippen molar-refractivity contribution >= 4 is 22.9 Å². The van der Waals surface area contributed by atoms with Crippen LogP contribution in [0.2, 0.25) is 4.34 Å². The molecule has 2 aromatic heterocycles. The molecule has 0 N–H and O–H groups in total. The van der Waals surface area contributed by atoms with E-state index >= 15 is 0 Å². The van der Waals surface area contributed by atoms with Crippen molar-refractivity contribution in [2.45, 2.75) is 13.1 Å². The van der Waals surface area contributed by atoms with Crippen molar-refractivity contribution in [2.24, 2.45) is 14.1 Å². The molecule has 2 rings (SSSR count). The maximum atomic E-state index is 11.8. The molecule has 0 spiro atoms. The van der Waals surface area contributed by atoms with E-state index in [0.29, 0.717) is 12.2 Å². The first-order chi connectivity index (χ1) is 9.38. The van der Waals surface area contributed by atoms with Crippen molar-refractivity contribution < 1.29 is 0 Å². The maximum absolute atomic E-state index is 11.8. The van der Waals surface area contributed by atoms with E-state index in [-0.39, 0.29) is 11.2 Å². The molecule has 0 fully saturated rings. The first-order valence-corrected chi connectivity index (χ1v) is 7.26. The van der Waals surface area contributed by atoms with Crippen LogP contribution in [0.15, 0.2) is 27.8 Å². The van der Waals surface area contributed by atoms with Gasteiger partial charge in [-0.05, 0) is 19.2 Å². The minimum Gasteiger partial charge on any atom is -0.299 e. The molecule has 0 aliphatic carbocycles. The zero-order valence-electron chi connectivity index (χ0n) is 11.6. The highest BCUT2D eigenvalue weighted by molar-refractivity contribution is 7.16. The second kappa shape index (κ2) is 5.95. The molecule has 0 amide bonds. The van der Waals surface area contributed by atoms with Crippen LogP contribution in [0.3, 0.4) is 0 Å². The zero-order chi connectivity index (χ0) is 14.9. The Bertz CT molecular complexity index is 732. The summed E-state index contributed by atoms with van der Waals surface area (Å²) >= 11 is 7.43. The van der Waals surface area contributed by atoms with Gasteiger partial charge in [0.1, 0.15) is 0 Å². The lowest BCUT2D eigenvalue weighted by Crippen LogP contribution is -2.39. The summed E-state index contributed by atoms with van der Waals surface area (Å²) in [5, 5.41) is 0. The minimum absolute atomic E-state index is 0.282. The molecule has 0 aliphatic rings. The van der Waals surface area contributed by atoms with E-state index in [9.17, 15) is 9.59 Å². The lowest BCUT2D eigenvalue weighted by molar-refractivity contribution is 0.311. The minimum atomic E-state index is -0.305. The second-order valence-corrected chi connectivity index (χ2v) is 6.55. The van der Waals surface area contributed by atoms with Crippen molar-refractivity contribution in [1.82, 2.24) is 14.0 Å². The van der Waals surface area contributed by atoms with Gasteiger partial charge in [-0.1, -0.05) is 11.6 Å². The maximum Gasteiger partial charge on any atom is 0.330 e. The summed E-state index contributed by atoms with van der Waals surface area (Å²) in [5.74, 6) is 0. The van der Waals surface area contributed by atoms with Gasteiger partial charge in [-0.25, -0.2) is 4.79 Å². The number of nitrogens with zero attached hydrogens (tertiary/aromatic N) is 3. The van der Waals surface area contributed by atoms with Crippen LogP contribution >= 0.6 is 22.9 Å². The predicted molar refractivity (Wildman–Crippen MR) is 81.4 cm³/mol. The number of hydrogen-bond acceptors (Lipinski definition) is 4. The highest BCUT2D eigenvalue weighted by Gasteiger charge is 2.09. The number of thiophene rings is 1. The fourth-order valence-corrected chi connectivity index (χ4v) is 3.13. The van der Waals surface area contributed by atoms with E-state index in [1.54, 1.807) is 7.05 Å². The monoisotopic (exact) mass is 313 g/mol. The van der Waals surface area contributed by atoms with Gasteiger partial charge >= 0.3 is 5.69 Å². The Hall–Kier alpha value is -1.37. The number of hydrogen-bond donors (Lipinski definition) is 0. The molecule has 7 heteroatoms. The molecule has 0 unspecified atom stereocenters. The van der Waals surface area contributed by atoms with Crippen LogP contribution in [-0.4, -0.2) is 21.1 Å². The van der Waals surface area contributed by atoms with Crippen LogP contribution in [0.25, 0.3) is 0 Å². The van der Waals surface area contributed by atoms with Gasteiger partial charge in [0.2, 0.25) is 0 Å². The highest BCUT2D eigenvalue weighted by Crippen LogP contribution is 2.22. The Morgan fingerprint density at radius 2 is 1.90 bits per heavy atom. The second-order valence-electron chi connectivity index (χ2n) is 4.75. The Balaban J connectivity index is 2.18. The van der Waals surface area contributed by atoms with Gasteiger partial charge in [0.25, 0.3) is 5.56 Å². The quantitative estimate of drug-likeness (QED) is 0.858. The van der Waals surface area contributed by atoms with Crippen LogP contribution in [0.4, 0.5) is 0 Å². The molecular formula is C13H16ClN3O2S. The lowest BCUT2D eigenvalue weighted by Gasteiger charge is -2.17. The van der Waals surface area contributed by atoms with Gasteiger partial charge in [0.15, 0.2) is 0 Å². The van der Waals surface area contributed by atoms with Gasteiger partial charge in [-0.2, -0.15) is 0 Å². The molecule has 0 saturated heterocycles. The van der Waals surface area contributed by atoms with Crippen molar-refractivity contribution in [1.29, 1.82) is 0 Å². The smallest absolute Gasteiger partial charge is 0.299 e. The van der Waals surface area contributed by atoms with Gasteiger partial charge in [-0.15, -0.1) is 11.3 Å². The number of halogens is 1. The van der Waals surface area contributed by atoms with Gasteiger partial charge < -0.3 is 0 Å². The first-order valence-electron chi connectivity index (χ1n) is 6.07. The van der Waals surface area contributed by atoms with E-state index in [4.69, 9.17) is 11.6 Å². The molecule has 5 nitrogen and oxygen atoms in total. The highest BCUT2D eigenvalue weighted by atomic mass is 35.5. The summed E-state index contributed by atoms with van der Waals surface area (Å²) < 4.78 is 3.36. The summed E-state index contributed by atoms with van der Waals surface area (Å²) in [7, 11) is 5.09. The first kappa shape index (κ1) is 15.0. The van der Waals surface area contributed by atoms with Crippen molar-refractivity contribution in [3.63, 3.8) is 0 Å². The molecule has 108 valence electrons. The molecule has 0 atom stereocenters. The number of rotatable bonds is 4. The van der Waals surface area contributed by atoms with Crippen LogP contribution in [0.5, 0.6) is 0 Å². The predicted octanol–water partition coefficient (Wildman–Crippen LogP) is 1.43. The van der Waals surface area contributed by atoms with Crippen molar-refractivity contribution in [2.75, 3.05) is 7.05 Å². The van der Waals surface area contributed by atoms with Gasteiger partial charge in [0, 0.05) is 43.8 Å². The van der Waals surface area contributed by atoms with Gasteiger partial charge in [0.05, 0.1) is 4.34 Å². The molecule has 2 aromatic rings. The summed E-state index contributed by atoms with van der Waals surface area (Å²) in [5.41, 5.74) is 0.110. The molecule has 2 heterocycles. The molecule has 0 aromatic carbocycles. The number of aromatic nitrogens is 2. The topological polar surface area (TPSA) is 47.2 Å². The largest absolute Gasteiger partial charge is 0.330 e. The normalized spacial score (nSPS) is 11.2. The molecule has 0 radical (unpaired) electrons. The van der Waals surface area contributed by atoms with Gasteiger partial charge in [-0.3, -0.25) is 18.8 Å². The average Bonchev–Trinajstić information content (AvgIpc) is 2.78. The Kier molecular flexibility index (Phi) is 4.47. The fraction of sp³-hybridized carbons (Fsp3) is 0.385. The van der Waals surface area contributed by atoms with Crippen LogP contribution in [-0.2, 0) is 27.2 Å². The molecule has 0 saturated carbocycles. The Morgan fingerprint density at radius 1 is 1.20 bits per heavy atom.